The Bertz CT molecular complexity index is 109. The first-order chi connectivity index (χ1) is 3.68. The molecule has 0 aromatic rings. The number of halogens is 3. The molecule has 0 aliphatic rings. The third kappa shape index (κ3) is 2.36. The van der Waals surface area contributed by atoms with Gasteiger partial charge in [0.15, 0.2) is 0 Å². The molecule has 0 radical (unpaired) electrons. The number of hydrogen-bond acceptors (Lipinski definition) is 2. The molecule has 0 saturated carbocycles. The maximum Gasteiger partial charge on any atom is 0.290 e. The highest BCUT2D eigenvalue weighted by atomic mass is 19.3. The van der Waals surface area contributed by atoms with Gasteiger partial charge in [-0.25, -0.2) is 18.0 Å². The molecule has 0 aliphatic heterocycles. The van der Waals surface area contributed by atoms with Crippen molar-refractivity contribution in [2.24, 2.45) is 4.99 Å². The van der Waals surface area contributed by atoms with Gasteiger partial charge < -0.3 is 0 Å². The Morgan fingerprint density at radius 2 is 1.88 bits per heavy atom. The van der Waals surface area contributed by atoms with E-state index in [0.717, 1.165) is 0 Å². The van der Waals surface area contributed by atoms with Crippen LogP contribution in [0, 0.1) is 0 Å². The third-order valence-corrected chi connectivity index (χ3v) is 0.384. The first kappa shape index (κ1) is 7.17. The van der Waals surface area contributed by atoms with E-state index >= 15 is 0 Å². The van der Waals surface area contributed by atoms with Crippen molar-refractivity contribution >= 4 is 6.08 Å². The van der Waals surface area contributed by atoms with Crippen molar-refractivity contribution in [3.8, 4) is 0 Å². The van der Waals surface area contributed by atoms with E-state index in [2.05, 4.69) is 4.99 Å². The second-order valence-electron chi connectivity index (χ2n) is 0.927. The minimum atomic E-state index is -3.23. The molecule has 0 bridgehead atoms. The third-order valence-electron chi connectivity index (χ3n) is 0.384. The predicted molar refractivity (Wildman–Crippen MR) is 19.0 cm³/mol. The van der Waals surface area contributed by atoms with E-state index in [9.17, 15) is 13.2 Å². The molecule has 1 atom stereocenters. The average Bonchev–Trinajstić information content (AvgIpc) is 1.67. The van der Waals surface area contributed by atoms with Gasteiger partial charge in [-0.15, -0.1) is 0 Å². The molecule has 0 fully saturated rings. The van der Waals surface area contributed by atoms with Gasteiger partial charge in [-0.3, -0.25) is 0 Å². The van der Waals surface area contributed by atoms with Crippen LogP contribution < -0.4 is 0 Å². The van der Waals surface area contributed by atoms with Crippen molar-refractivity contribution in [3.63, 3.8) is 0 Å². The number of rotatable bonds is 2. The van der Waals surface area contributed by atoms with Crippen LogP contribution in [0.5, 0.6) is 0 Å². The molecule has 46 valence electrons. The highest BCUT2D eigenvalue weighted by Gasteiger charge is 2.16. The van der Waals surface area contributed by atoms with Gasteiger partial charge in [0.05, 0.1) is 0 Å². The summed E-state index contributed by atoms with van der Waals surface area (Å²) in [5.41, 5.74) is 0. The number of aliphatic imine (C=N–C) groups is 1. The normalized spacial score (nSPS) is 13.0. The van der Waals surface area contributed by atoms with Crippen LogP contribution in [-0.4, -0.2) is 18.8 Å². The number of carbonyl (C=O) groups excluding carboxylic acids is 1. The fraction of sp³-hybridized carbons (Fsp3) is 0.667. The van der Waals surface area contributed by atoms with Gasteiger partial charge in [-0.05, 0) is 0 Å². The average molecular weight is 125 g/mol. The molecule has 2 nitrogen and oxygen atoms in total. The molecule has 0 rings (SSSR count). The van der Waals surface area contributed by atoms with E-state index < -0.39 is 12.7 Å². The number of hydrogen-bond donors (Lipinski definition) is 0. The van der Waals surface area contributed by atoms with Gasteiger partial charge in [-0.1, -0.05) is 0 Å². The fourth-order valence-corrected chi connectivity index (χ4v) is 0.107. The molecule has 5 heteroatoms. The molecule has 0 aliphatic carbocycles. The molecule has 0 aromatic carbocycles. The summed E-state index contributed by atoms with van der Waals surface area (Å²) in [6.07, 6.45) is -5.27. The Labute approximate surface area is 43.0 Å². The second-order valence-corrected chi connectivity index (χ2v) is 0.927. The van der Waals surface area contributed by atoms with Gasteiger partial charge in [0, 0.05) is 0 Å². The zero-order valence-corrected chi connectivity index (χ0v) is 3.64. The Balaban J connectivity index is 3.63. The lowest BCUT2D eigenvalue weighted by Crippen LogP contribution is -2.07. The van der Waals surface area contributed by atoms with Crippen LogP contribution in [0.2, 0.25) is 0 Å². The van der Waals surface area contributed by atoms with Crippen LogP contribution in [-0.2, 0) is 4.79 Å². The Morgan fingerprint density at radius 1 is 1.38 bits per heavy atom. The first-order valence-electron chi connectivity index (χ1n) is 1.67. The maximum absolute atomic E-state index is 11.3. The minimum absolute atomic E-state index is 0.669. The van der Waals surface area contributed by atoms with Crippen LogP contribution in [0.3, 0.4) is 0 Å². The standard InChI is InChI=1S/C3H2F3NO/c4-2(5)3(6)7-1-8/h2-3H. The number of isocyanates is 1. The van der Waals surface area contributed by atoms with E-state index in [4.69, 9.17) is 4.79 Å². The van der Waals surface area contributed by atoms with Gasteiger partial charge >= 0.3 is 0 Å². The molecular formula is C3H2F3NO. The highest BCUT2D eigenvalue weighted by molar-refractivity contribution is 5.33. The Hall–Kier alpha value is -0.830. The largest absolute Gasteiger partial charge is 0.290 e. The topological polar surface area (TPSA) is 29.4 Å². The molecule has 0 saturated heterocycles. The molecule has 0 spiro atoms. The summed E-state index contributed by atoms with van der Waals surface area (Å²) in [5, 5.41) is 0. The van der Waals surface area contributed by atoms with Crippen LogP contribution in [0.25, 0.3) is 0 Å². The monoisotopic (exact) mass is 125 g/mol. The van der Waals surface area contributed by atoms with Crippen molar-refractivity contribution in [1.82, 2.24) is 0 Å². The smallest absolute Gasteiger partial charge is 0.214 e. The summed E-state index contributed by atoms with van der Waals surface area (Å²) in [6, 6.07) is 0. The summed E-state index contributed by atoms with van der Waals surface area (Å²) < 4.78 is 33.3. The van der Waals surface area contributed by atoms with Gasteiger partial charge in [0.2, 0.25) is 6.08 Å². The van der Waals surface area contributed by atoms with E-state index in [-0.39, 0.29) is 0 Å². The van der Waals surface area contributed by atoms with Crippen molar-refractivity contribution in [3.05, 3.63) is 0 Å². The fourth-order valence-electron chi connectivity index (χ4n) is 0.107. The lowest BCUT2D eigenvalue weighted by atomic mass is 10.7. The Morgan fingerprint density at radius 3 is 2.00 bits per heavy atom. The number of nitrogens with zero attached hydrogens (tertiary/aromatic N) is 1. The maximum atomic E-state index is 11.3. The van der Waals surface area contributed by atoms with E-state index in [1.165, 1.54) is 0 Å². The van der Waals surface area contributed by atoms with E-state index in [1.54, 1.807) is 0 Å². The van der Waals surface area contributed by atoms with Crippen molar-refractivity contribution in [1.29, 1.82) is 0 Å². The van der Waals surface area contributed by atoms with Gasteiger partial charge in [0.25, 0.3) is 12.7 Å². The zero-order chi connectivity index (χ0) is 6.57. The SMILES string of the molecule is O=C=NC(F)C(F)F. The van der Waals surface area contributed by atoms with Crippen LogP contribution in [0.15, 0.2) is 4.99 Å². The molecule has 0 amide bonds. The van der Waals surface area contributed by atoms with Gasteiger partial charge in [-0.2, -0.15) is 4.99 Å². The number of alkyl halides is 3. The molecule has 1 unspecified atom stereocenters. The highest BCUT2D eigenvalue weighted by Crippen LogP contribution is 2.04. The quantitative estimate of drug-likeness (QED) is 0.306. The summed E-state index contributed by atoms with van der Waals surface area (Å²) in [4.78, 5) is 11.2. The second kappa shape index (κ2) is 3.21. The van der Waals surface area contributed by atoms with Crippen molar-refractivity contribution in [2.75, 3.05) is 0 Å². The van der Waals surface area contributed by atoms with Crippen molar-refractivity contribution < 1.29 is 18.0 Å². The first-order valence-corrected chi connectivity index (χ1v) is 1.67. The minimum Gasteiger partial charge on any atom is -0.214 e. The molecule has 0 N–H and O–H groups in total. The molecule has 8 heavy (non-hydrogen) atoms. The van der Waals surface area contributed by atoms with Crippen LogP contribution in [0.1, 0.15) is 0 Å². The van der Waals surface area contributed by atoms with Crippen LogP contribution in [0.4, 0.5) is 13.2 Å². The summed E-state index contributed by atoms with van der Waals surface area (Å²) in [6.45, 7) is 0. The van der Waals surface area contributed by atoms with E-state index in [1.807, 2.05) is 0 Å². The molecule has 0 heterocycles. The summed E-state index contributed by atoms with van der Waals surface area (Å²) in [5.74, 6) is 0. The van der Waals surface area contributed by atoms with Crippen LogP contribution >= 0.6 is 0 Å². The lowest BCUT2D eigenvalue weighted by Gasteiger charge is -1.93. The summed E-state index contributed by atoms with van der Waals surface area (Å²) in [7, 11) is 0. The molecular weight excluding hydrogens is 123 g/mol. The zero-order valence-electron chi connectivity index (χ0n) is 3.64. The summed E-state index contributed by atoms with van der Waals surface area (Å²) >= 11 is 0. The predicted octanol–water partition coefficient (Wildman–Crippen LogP) is 0.883. The molecule has 0 aromatic heterocycles. The van der Waals surface area contributed by atoms with Crippen molar-refractivity contribution in [2.45, 2.75) is 12.7 Å². The Kier molecular flexibility index (Phi) is 2.88. The van der Waals surface area contributed by atoms with E-state index in [0.29, 0.717) is 6.08 Å². The van der Waals surface area contributed by atoms with Gasteiger partial charge in [0.1, 0.15) is 0 Å². The lowest BCUT2D eigenvalue weighted by molar-refractivity contribution is 0.0551.